The summed E-state index contributed by atoms with van der Waals surface area (Å²) in [5, 5.41) is 20.3. The lowest BCUT2D eigenvalue weighted by atomic mass is 10.1. The van der Waals surface area contributed by atoms with E-state index in [9.17, 15) is 14.3 Å². The monoisotopic (exact) mass is 344 g/mol. The van der Waals surface area contributed by atoms with Crippen LogP contribution in [0, 0.1) is 12.7 Å². The average Bonchev–Trinajstić information content (AvgIpc) is 3.22. The SMILES string of the molecule is Cc1ccc(CNC(=O)c2cn(CC(O)c3ccccc3F)nn2)o1. The molecule has 3 rings (SSSR count). The van der Waals surface area contributed by atoms with Crippen molar-refractivity contribution < 1.29 is 18.7 Å². The molecular weight excluding hydrogens is 327 g/mol. The van der Waals surface area contributed by atoms with Gasteiger partial charge < -0.3 is 14.8 Å². The number of nitrogens with zero attached hydrogens (tertiary/aromatic N) is 3. The van der Waals surface area contributed by atoms with Gasteiger partial charge in [0.25, 0.3) is 5.91 Å². The molecule has 0 fully saturated rings. The summed E-state index contributed by atoms with van der Waals surface area (Å²) in [7, 11) is 0. The Kier molecular flexibility index (Phi) is 4.90. The molecule has 0 saturated heterocycles. The molecule has 25 heavy (non-hydrogen) atoms. The Morgan fingerprint density at radius 2 is 2.16 bits per heavy atom. The summed E-state index contributed by atoms with van der Waals surface area (Å²) in [6.07, 6.45) is 0.303. The van der Waals surface area contributed by atoms with E-state index < -0.39 is 17.8 Å². The van der Waals surface area contributed by atoms with Crippen molar-refractivity contribution in [1.82, 2.24) is 20.3 Å². The molecule has 0 radical (unpaired) electrons. The maximum Gasteiger partial charge on any atom is 0.273 e. The number of benzene rings is 1. The Morgan fingerprint density at radius 3 is 2.88 bits per heavy atom. The number of aryl methyl sites for hydroxylation is 1. The summed E-state index contributed by atoms with van der Waals surface area (Å²) in [6.45, 7) is 2.04. The van der Waals surface area contributed by atoms with Gasteiger partial charge in [-0.05, 0) is 25.1 Å². The maximum absolute atomic E-state index is 13.7. The van der Waals surface area contributed by atoms with Crippen molar-refractivity contribution in [3.63, 3.8) is 0 Å². The lowest BCUT2D eigenvalue weighted by Gasteiger charge is -2.11. The Hall–Kier alpha value is -3.00. The van der Waals surface area contributed by atoms with Gasteiger partial charge in [0.1, 0.15) is 23.4 Å². The topological polar surface area (TPSA) is 93.2 Å². The van der Waals surface area contributed by atoms with Crippen LogP contribution in [0.1, 0.15) is 33.7 Å². The molecule has 0 aliphatic heterocycles. The van der Waals surface area contributed by atoms with E-state index in [1.165, 1.54) is 23.0 Å². The molecule has 1 atom stereocenters. The van der Waals surface area contributed by atoms with Gasteiger partial charge in [0.15, 0.2) is 5.69 Å². The quantitative estimate of drug-likeness (QED) is 0.713. The van der Waals surface area contributed by atoms with Gasteiger partial charge in [-0.3, -0.25) is 4.79 Å². The highest BCUT2D eigenvalue weighted by Gasteiger charge is 2.16. The summed E-state index contributed by atoms with van der Waals surface area (Å²) in [5.74, 6) is 0.480. The summed E-state index contributed by atoms with van der Waals surface area (Å²) < 4.78 is 20.3. The normalized spacial score (nSPS) is 12.1. The van der Waals surface area contributed by atoms with E-state index in [1.54, 1.807) is 18.2 Å². The van der Waals surface area contributed by atoms with E-state index in [0.717, 1.165) is 5.76 Å². The second kappa shape index (κ2) is 7.27. The third-order valence-corrected chi connectivity index (χ3v) is 3.61. The van der Waals surface area contributed by atoms with Gasteiger partial charge in [0.2, 0.25) is 0 Å². The molecule has 0 aliphatic carbocycles. The molecule has 1 amide bonds. The summed E-state index contributed by atoms with van der Waals surface area (Å²) in [4.78, 5) is 12.1. The zero-order valence-corrected chi connectivity index (χ0v) is 13.5. The average molecular weight is 344 g/mol. The number of aliphatic hydroxyl groups is 1. The predicted octanol–water partition coefficient (Wildman–Crippen LogP) is 1.98. The van der Waals surface area contributed by atoms with Crippen molar-refractivity contribution in [3.8, 4) is 0 Å². The van der Waals surface area contributed by atoms with Crippen LogP contribution in [0.3, 0.4) is 0 Å². The number of rotatable bonds is 6. The number of amides is 1. The highest BCUT2D eigenvalue weighted by atomic mass is 19.1. The van der Waals surface area contributed by atoms with E-state index >= 15 is 0 Å². The number of nitrogens with one attached hydrogen (secondary N) is 1. The van der Waals surface area contributed by atoms with Crippen LogP contribution in [0.15, 0.2) is 47.0 Å². The van der Waals surface area contributed by atoms with Crippen LogP contribution in [-0.2, 0) is 13.1 Å². The molecule has 130 valence electrons. The first-order valence-corrected chi connectivity index (χ1v) is 7.69. The van der Waals surface area contributed by atoms with Crippen LogP contribution in [0.5, 0.6) is 0 Å². The fourth-order valence-corrected chi connectivity index (χ4v) is 2.35. The largest absolute Gasteiger partial charge is 0.465 e. The second-order valence-corrected chi connectivity index (χ2v) is 5.56. The number of aliphatic hydroxyl groups excluding tert-OH is 1. The molecular formula is C17H17FN4O3. The Balaban J connectivity index is 1.60. The number of furan rings is 1. The number of aromatic nitrogens is 3. The standard InChI is InChI=1S/C17H17FN4O3/c1-11-6-7-12(25-11)8-19-17(24)15-9-22(21-20-15)10-16(23)13-4-2-3-5-14(13)18/h2-7,9,16,23H,8,10H2,1H3,(H,19,24). The van der Waals surface area contributed by atoms with Gasteiger partial charge in [-0.2, -0.15) is 0 Å². The second-order valence-electron chi connectivity index (χ2n) is 5.56. The van der Waals surface area contributed by atoms with Crippen LogP contribution >= 0.6 is 0 Å². The zero-order chi connectivity index (χ0) is 17.8. The maximum atomic E-state index is 13.7. The van der Waals surface area contributed by atoms with Gasteiger partial charge in [0, 0.05) is 5.56 Å². The minimum Gasteiger partial charge on any atom is -0.465 e. The van der Waals surface area contributed by atoms with E-state index in [0.29, 0.717) is 5.76 Å². The lowest BCUT2D eigenvalue weighted by molar-refractivity contribution is 0.0942. The summed E-state index contributed by atoms with van der Waals surface area (Å²) in [5.41, 5.74) is 0.265. The predicted molar refractivity (Wildman–Crippen MR) is 86.0 cm³/mol. The van der Waals surface area contributed by atoms with E-state index in [-0.39, 0.29) is 24.3 Å². The van der Waals surface area contributed by atoms with Crippen LogP contribution in [0.25, 0.3) is 0 Å². The molecule has 1 aromatic carbocycles. The minimum absolute atomic E-state index is 0.0153. The first kappa shape index (κ1) is 16.8. The zero-order valence-electron chi connectivity index (χ0n) is 13.5. The number of carbonyl (C=O) groups excluding carboxylic acids is 1. The van der Waals surface area contributed by atoms with Gasteiger partial charge in [-0.25, -0.2) is 9.07 Å². The Bertz CT molecular complexity index is 874. The van der Waals surface area contributed by atoms with Gasteiger partial charge in [-0.1, -0.05) is 23.4 Å². The molecule has 0 aliphatic rings. The van der Waals surface area contributed by atoms with E-state index in [4.69, 9.17) is 4.42 Å². The number of hydrogen-bond acceptors (Lipinski definition) is 5. The smallest absolute Gasteiger partial charge is 0.273 e. The van der Waals surface area contributed by atoms with Crippen LogP contribution < -0.4 is 5.32 Å². The van der Waals surface area contributed by atoms with E-state index in [2.05, 4.69) is 15.6 Å². The summed E-state index contributed by atoms with van der Waals surface area (Å²) >= 11 is 0. The van der Waals surface area contributed by atoms with Crippen molar-refractivity contribution in [2.75, 3.05) is 0 Å². The van der Waals surface area contributed by atoms with Gasteiger partial charge in [0.05, 0.1) is 19.3 Å². The molecule has 0 bridgehead atoms. The lowest BCUT2D eigenvalue weighted by Crippen LogP contribution is -2.23. The number of carbonyl (C=O) groups is 1. The van der Waals surface area contributed by atoms with Crippen LogP contribution in [0.4, 0.5) is 4.39 Å². The molecule has 8 heteroatoms. The fraction of sp³-hybridized carbons (Fsp3) is 0.235. The molecule has 7 nitrogen and oxygen atoms in total. The first-order chi connectivity index (χ1) is 12.0. The fourth-order valence-electron chi connectivity index (χ4n) is 2.35. The van der Waals surface area contributed by atoms with Crippen molar-refractivity contribution >= 4 is 5.91 Å². The van der Waals surface area contributed by atoms with Crippen molar-refractivity contribution in [3.05, 3.63) is 71.2 Å². The molecule has 2 aromatic heterocycles. The Labute approximate surface area is 143 Å². The highest BCUT2D eigenvalue weighted by Crippen LogP contribution is 2.18. The molecule has 3 aromatic rings. The van der Waals surface area contributed by atoms with E-state index in [1.807, 2.05) is 13.0 Å². The highest BCUT2D eigenvalue weighted by molar-refractivity contribution is 5.91. The van der Waals surface area contributed by atoms with Crippen LogP contribution in [0.2, 0.25) is 0 Å². The summed E-state index contributed by atoms with van der Waals surface area (Å²) in [6, 6.07) is 9.53. The van der Waals surface area contributed by atoms with Gasteiger partial charge >= 0.3 is 0 Å². The number of hydrogen-bond donors (Lipinski definition) is 2. The van der Waals surface area contributed by atoms with Crippen molar-refractivity contribution in [2.45, 2.75) is 26.1 Å². The molecule has 2 N–H and O–H groups in total. The third-order valence-electron chi connectivity index (χ3n) is 3.61. The molecule has 0 spiro atoms. The minimum atomic E-state index is -1.09. The third kappa shape index (κ3) is 4.10. The van der Waals surface area contributed by atoms with Crippen molar-refractivity contribution in [1.29, 1.82) is 0 Å². The molecule has 1 unspecified atom stereocenters. The number of halogens is 1. The first-order valence-electron chi connectivity index (χ1n) is 7.69. The van der Waals surface area contributed by atoms with Crippen molar-refractivity contribution in [2.24, 2.45) is 0 Å². The molecule has 2 heterocycles. The molecule has 0 saturated carbocycles. The van der Waals surface area contributed by atoms with Crippen LogP contribution in [-0.4, -0.2) is 26.0 Å². The van der Waals surface area contributed by atoms with Gasteiger partial charge in [-0.15, -0.1) is 5.10 Å². The Morgan fingerprint density at radius 1 is 1.36 bits per heavy atom.